The quantitative estimate of drug-likeness (QED) is 0.911. The Morgan fingerprint density at radius 2 is 2.22 bits per heavy atom. The Morgan fingerprint density at radius 3 is 2.83 bits per heavy atom. The van der Waals surface area contributed by atoms with Crippen LogP contribution in [0.15, 0.2) is 17.5 Å². The zero-order chi connectivity index (χ0) is 12.7. The first-order chi connectivity index (χ1) is 8.68. The number of nitrogens with zero attached hydrogens (tertiary/aromatic N) is 1. The fourth-order valence-corrected chi connectivity index (χ4v) is 3.63. The molecule has 0 unspecified atom stereocenters. The fraction of sp³-hybridized carbons (Fsp3) is 0.538. The monoisotopic (exact) mass is 265 g/mol. The van der Waals surface area contributed by atoms with Crippen molar-refractivity contribution in [1.82, 2.24) is 4.90 Å². The minimum absolute atomic E-state index is 0.0401. The number of rotatable bonds is 3. The molecule has 1 aliphatic heterocycles. The van der Waals surface area contributed by atoms with Crippen molar-refractivity contribution in [2.24, 2.45) is 11.8 Å². The normalized spacial score (nSPS) is 30.4. The molecule has 2 heterocycles. The van der Waals surface area contributed by atoms with E-state index in [1.54, 1.807) is 11.3 Å². The van der Waals surface area contributed by atoms with Gasteiger partial charge in [-0.15, -0.1) is 11.3 Å². The molecule has 1 amide bonds. The number of likely N-dealkylation sites (tertiary alicyclic amines) is 1. The lowest BCUT2D eigenvalue weighted by atomic mass is 10.1. The maximum Gasteiger partial charge on any atom is 0.307 e. The van der Waals surface area contributed by atoms with Crippen molar-refractivity contribution in [3.8, 4) is 0 Å². The Morgan fingerprint density at radius 1 is 1.39 bits per heavy atom. The third-order valence-corrected chi connectivity index (χ3v) is 4.81. The van der Waals surface area contributed by atoms with Crippen LogP contribution in [0.1, 0.15) is 30.2 Å². The summed E-state index contributed by atoms with van der Waals surface area (Å²) in [4.78, 5) is 26.2. The second-order valence-electron chi connectivity index (χ2n) is 4.99. The van der Waals surface area contributed by atoms with E-state index in [0.717, 1.165) is 19.4 Å². The Labute approximate surface area is 109 Å². The predicted octanol–water partition coefficient (Wildman–Crippen LogP) is 2.13. The largest absolute Gasteiger partial charge is 0.481 e. The molecule has 1 aliphatic carbocycles. The fourth-order valence-electron chi connectivity index (χ4n) is 2.76. The number of carboxylic acids is 1. The Hall–Kier alpha value is -1.36. The lowest BCUT2D eigenvalue weighted by molar-refractivity contribution is -0.142. The third kappa shape index (κ3) is 1.92. The van der Waals surface area contributed by atoms with Gasteiger partial charge in [-0.05, 0) is 30.7 Å². The van der Waals surface area contributed by atoms with Crippen molar-refractivity contribution in [1.29, 1.82) is 0 Å². The summed E-state index contributed by atoms with van der Waals surface area (Å²) in [6.07, 6.45) is 2.53. The third-order valence-electron chi connectivity index (χ3n) is 3.83. The van der Waals surface area contributed by atoms with Crippen LogP contribution in [0.4, 0.5) is 0 Å². The number of amides is 1. The highest BCUT2D eigenvalue weighted by Gasteiger charge is 2.51. The topological polar surface area (TPSA) is 57.6 Å². The molecule has 5 heteroatoms. The van der Waals surface area contributed by atoms with Crippen LogP contribution in [0.2, 0.25) is 0 Å². The van der Waals surface area contributed by atoms with E-state index in [1.165, 1.54) is 4.88 Å². The van der Waals surface area contributed by atoms with Gasteiger partial charge in [0.1, 0.15) is 0 Å². The molecule has 4 nitrogen and oxygen atoms in total. The molecule has 96 valence electrons. The van der Waals surface area contributed by atoms with E-state index in [-0.39, 0.29) is 17.9 Å². The van der Waals surface area contributed by atoms with E-state index < -0.39 is 11.9 Å². The van der Waals surface area contributed by atoms with Gasteiger partial charge in [-0.3, -0.25) is 9.59 Å². The summed E-state index contributed by atoms with van der Waals surface area (Å²) in [5, 5.41) is 10.9. The van der Waals surface area contributed by atoms with E-state index in [2.05, 4.69) is 6.07 Å². The smallest absolute Gasteiger partial charge is 0.307 e. The van der Waals surface area contributed by atoms with E-state index in [4.69, 9.17) is 5.11 Å². The van der Waals surface area contributed by atoms with Crippen LogP contribution in [0.3, 0.4) is 0 Å². The van der Waals surface area contributed by atoms with Gasteiger partial charge in [0.2, 0.25) is 5.91 Å². The van der Waals surface area contributed by atoms with Crippen molar-refractivity contribution in [3.63, 3.8) is 0 Å². The van der Waals surface area contributed by atoms with Gasteiger partial charge in [-0.25, -0.2) is 0 Å². The molecule has 3 atom stereocenters. The number of carboxylic acid groups (broad SMARTS) is 1. The second-order valence-corrected chi connectivity index (χ2v) is 5.97. The molecular formula is C13H15NO3S. The number of thiophene rings is 1. The zero-order valence-corrected chi connectivity index (χ0v) is 10.7. The lowest BCUT2D eigenvalue weighted by Crippen LogP contribution is -2.32. The zero-order valence-electron chi connectivity index (χ0n) is 9.91. The van der Waals surface area contributed by atoms with Crippen LogP contribution < -0.4 is 0 Å². The molecule has 0 radical (unpaired) electrons. The maximum absolute atomic E-state index is 12.3. The van der Waals surface area contributed by atoms with Crippen molar-refractivity contribution >= 4 is 23.2 Å². The minimum Gasteiger partial charge on any atom is -0.481 e. The van der Waals surface area contributed by atoms with E-state index in [0.29, 0.717) is 6.42 Å². The number of carbonyl (C=O) groups excluding carboxylic acids is 1. The minimum atomic E-state index is -0.833. The summed E-state index contributed by atoms with van der Waals surface area (Å²) in [6, 6.07) is 4.23. The second kappa shape index (κ2) is 4.39. The maximum atomic E-state index is 12.3. The average molecular weight is 265 g/mol. The highest BCUT2D eigenvalue weighted by molar-refractivity contribution is 7.10. The molecule has 1 aromatic heterocycles. The van der Waals surface area contributed by atoms with E-state index in [1.807, 2.05) is 16.3 Å². The molecule has 2 fully saturated rings. The number of hydrogen-bond acceptors (Lipinski definition) is 3. The van der Waals surface area contributed by atoms with Crippen LogP contribution >= 0.6 is 11.3 Å². The van der Waals surface area contributed by atoms with Crippen molar-refractivity contribution in [3.05, 3.63) is 22.4 Å². The average Bonchev–Trinajstić information content (AvgIpc) is 2.78. The molecule has 1 saturated carbocycles. The van der Waals surface area contributed by atoms with Crippen molar-refractivity contribution < 1.29 is 14.7 Å². The summed E-state index contributed by atoms with van der Waals surface area (Å²) in [7, 11) is 0. The van der Waals surface area contributed by atoms with Gasteiger partial charge in [0.15, 0.2) is 0 Å². The Balaban J connectivity index is 1.72. The van der Waals surface area contributed by atoms with Gasteiger partial charge >= 0.3 is 5.97 Å². The van der Waals surface area contributed by atoms with E-state index >= 15 is 0 Å². The molecule has 3 rings (SSSR count). The molecule has 2 aliphatic rings. The Bertz CT molecular complexity index is 471. The van der Waals surface area contributed by atoms with Gasteiger partial charge in [0.05, 0.1) is 17.9 Å². The first kappa shape index (κ1) is 11.7. The number of carbonyl (C=O) groups is 2. The first-order valence-corrected chi connectivity index (χ1v) is 7.13. The summed E-state index contributed by atoms with van der Waals surface area (Å²) in [6.45, 7) is 0.768. The molecule has 1 aromatic rings. The van der Waals surface area contributed by atoms with Crippen molar-refractivity contribution in [2.75, 3.05) is 6.54 Å². The highest BCUT2D eigenvalue weighted by atomic mass is 32.1. The molecule has 1 N–H and O–H groups in total. The van der Waals surface area contributed by atoms with Crippen LogP contribution in [-0.4, -0.2) is 28.4 Å². The SMILES string of the molecule is O=C(O)[C@@H]1C[C@H]1C(=O)N1CCC[C@H]1c1cccs1. The van der Waals surface area contributed by atoms with Crippen LogP contribution in [-0.2, 0) is 9.59 Å². The molecule has 0 spiro atoms. The molecule has 0 aromatic carbocycles. The lowest BCUT2D eigenvalue weighted by Gasteiger charge is -2.24. The van der Waals surface area contributed by atoms with Crippen LogP contribution in [0.25, 0.3) is 0 Å². The Kier molecular flexibility index (Phi) is 2.86. The van der Waals surface area contributed by atoms with Gasteiger partial charge < -0.3 is 10.0 Å². The standard InChI is InChI=1S/C13H15NO3S/c15-12(8-7-9(8)13(16)17)14-5-1-3-10(14)11-4-2-6-18-11/h2,4,6,8-10H,1,3,5,7H2,(H,16,17)/t8-,9-,10+/m1/s1. The number of aliphatic carboxylic acids is 1. The summed E-state index contributed by atoms with van der Waals surface area (Å²) in [5.41, 5.74) is 0. The molecular weight excluding hydrogens is 250 g/mol. The van der Waals surface area contributed by atoms with Crippen molar-refractivity contribution in [2.45, 2.75) is 25.3 Å². The highest BCUT2D eigenvalue weighted by Crippen LogP contribution is 2.44. The summed E-state index contributed by atoms with van der Waals surface area (Å²) >= 11 is 1.67. The van der Waals surface area contributed by atoms with Crippen LogP contribution in [0.5, 0.6) is 0 Å². The predicted molar refractivity (Wildman–Crippen MR) is 67.2 cm³/mol. The van der Waals surface area contributed by atoms with Gasteiger partial charge in [-0.1, -0.05) is 6.07 Å². The van der Waals surface area contributed by atoms with Gasteiger partial charge in [0, 0.05) is 11.4 Å². The first-order valence-electron chi connectivity index (χ1n) is 6.25. The van der Waals surface area contributed by atoms with Gasteiger partial charge in [0.25, 0.3) is 0 Å². The summed E-state index contributed by atoms with van der Waals surface area (Å²) < 4.78 is 0. The van der Waals surface area contributed by atoms with Gasteiger partial charge in [-0.2, -0.15) is 0 Å². The number of hydrogen-bond donors (Lipinski definition) is 1. The van der Waals surface area contributed by atoms with E-state index in [9.17, 15) is 9.59 Å². The summed E-state index contributed by atoms with van der Waals surface area (Å²) in [5.74, 6) is -1.51. The molecule has 0 bridgehead atoms. The van der Waals surface area contributed by atoms with Crippen LogP contribution in [0, 0.1) is 11.8 Å². The molecule has 18 heavy (non-hydrogen) atoms. The molecule has 1 saturated heterocycles.